The first-order valence-corrected chi connectivity index (χ1v) is 11.9. The predicted octanol–water partition coefficient (Wildman–Crippen LogP) is 5.75. The molecule has 2 aromatic heterocycles. The summed E-state index contributed by atoms with van der Waals surface area (Å²) in [6, 6.07) is 3.65. The van der Waals surface area contributed by atoms with Crippen LogP contribution in [-0.4, -0.2) is 32.2 Å². The van der Waals surface area contributed by atoms with E-state index >= 15 is 0 Å². The molecule has 0 aliphatic heterocycles. The summed E-state index contributed by atoms with van der Waals surface area (Å²) < 4.78 is 0. The molecule has 2 aromatic rings. The number of anilines is 1. The van der Waals surface area contributed by atoms with Gasteiger partial charge in [0.05, 0.1) is 23.3 Å². The van der Waals surface area contributed by atoms with E-state index in [1.165, 1.54) is 30.4 Å². The van der Waals surface area contributed by atoms with E-state index in [2.05, 4.69) is 20.5 Å². The maximum absolute atomic E-state index is 11.9. The fourth-order valence-corrected chi connectivity index (χ4v) is 3.60. The number of carboxylic acid groups (broad SMARTS) is 1. The molecule has 0 bridgehead atoms. The number of hydrogen-bond donors (Lipinski definition) is 2. The summed E-state index contributed by atoms with van der Waals surface area (Å²) in [5.41, 5.74) is 5.75. The van der Waals surface area contributed by atoms with Crippen molar-refractivity contribution in [3.05, 3.63) is 35.2 Å². The number of nitrogens with zero attached hydrogens (tertiary/aromatic N) is 3. The average Bonchev–Trinajstić information content (AvgIpc) is 2.78. The van der Waals surface area contributed by atoms with Gasteiger partial charge in [-0.25, -0.2) is 0 Å². The molecule has 1 amide bonds. The zero-order valence-electron chi connectivity index (χ0n) is 20.2. The van der Waals surface area contributed by atoms with Gasteiger partial charge < -0.3 is 10.4 Å². The first-order valence-electron chi connectivity index (χ1n) is 11.9. The monoisotopic (exact) mass is 442 g/mol. The highest BCUT2D eigenvalue weighted by molar-refractivity contribution is 5.90. The van der Waals surface area contributed by atoms with Crippen molar-refractivity contribution in [2.24, 2.45) is 0 Å². The molecule has 1 aliphatic rings. The van der Waals surface area contributed by atoms with E-state index in [1.54, 1.807) is 12.3 Å². The molecule has 0 aromatic carbocycles. The van der Waals surface area contributed by atoms with Crippen LogP contribution in [0.4, 0.5) is 5.69 Å². The van der Waals surface area contributed by atoms with Crippen LogP contribution in [0.15, 0.2) is 18.3 Å². The van der Waals surface area contributed by atoms with E-state index in [4.69, 9.17) is 5.11 Å². The Morgan fingerprint density at radius 3 is 2.19 bits per heavy atom. The molecule has 176 valence electrons. The molecule has 1 aliphatic carbocycles. The molecule has 2 heterocycles. The van der Waals surface area contributed by atoms with Crippen molar-refractivity contribution in [1.29, 1.82) is 0 Å². The highest BCUT2D eigenvalue weighted by atomic mass is 16.4. The van der Waals surface area contributed by atoms with E-state index in [0.717, 1.165) is 36.3 Å². The second kappa shape index (κ2) is 15.1. The summed E-state index contributed by atoms with van der Waals surface area (Å²) in [5.74, 6) is -1.11. The number of amides is 1. The van der Waals surface area contributed by atoms with E-state index < -0.39 is 5.97 Å². The van der Waals surface area contributed by atoms with Crippen molar-refractivity contribution < 1.29 is 14.7 Å². The SMILES string of the molecule is CC.CC.Cc1nnc(-c2ccc(NC(=O)CCCC(=O)O)cn2)c2c1CCCCCC2. The fourth-order valence-electron chi connectivity index (χ4n) is 3.60. The highest BCUT2D eigenvalue weighted by Gasteiger charge is 2.18. The van der Waals surface area contributed by atoms with Gasteiger partial charge in [0.2, 0.25) is 5.91 Å². The molecule has 0 saturated heterocycles. The molecule has 7 heteroatoms. The minimum atomic E-state index is -0.895. The van der Waals surface area contributed by atoms with Gasteiger partial charge in [-0.05, 0) is 62.3 Å². The van der Waals surface area contributed by atoms with Gasteiger partial charge >= 0.3 is 5.97 Å². The van der Waals surface area contributed by atoms with Gasteiger partial charge in [0.25, 0.3) is 0 Å². The van der Waals surface area contributed by atoms with Crippen molar-refractivity contribution in [3.63, 3.8) is 0 Å². The maximum Gasteiger partial charge on any atom is 0.303 e. The maximum atomic E-state index is 11.9. The van der Waals surface area contributed by atoms with Gasteiger partial charge in [0.1, 0.15) is 5.69 Å². The highest BCUT2D eigenvalue weighted by Crippen LogP contribution is 2.29. The molecule has 0 atom stereocenters. The van der Waals surface area contributed by atoms with Gasteiger partial charge in [-0.3, -0.25) is 14.6 Å². The van der Waals surface area contributed by atoms with Crippen LogP contribution in [0.3, 0.4) is 0 Å². The van der Waals surface area contributed by atoms with Crippen LogP contribution in [0.1, 0.15) is 89.5 Å². The molecule has 2 N–H and O–H groups in total. The second-order valence-corrected chi connectivity index (χ2v) is 7.23. The Balaban J connectivity index is 0.00000121. The van der Waals surface area contributed by atoms with Gasteiger partial charge in [0.15, 0.2) is 0 Å². The molecule has 32 heavy (non-hydrogen) atoms. The molecule has 0 unspecified atom stereocenters. The summed E-state index contributed by atoms with van der Waals surface area (Å²) >= 11 is 0. The van der Waals surface area contributed by atoms with E-state index in [1.807, 2.05) is 40.7 Å². The Labute approximate surface area is 192 Å². The number of carboxylic acids is 1. The lowest BCUT2D eigenvalue weighted by Gasteiger charge is -2.18. The standard InChI is InChI=1S/C21H26N4O3.2C2H6/c1-14-16-7-4-2-3-5-8-17(16)21(25-24-14)18-12-11-15(13-22-18)23-19(26)9-6-10-20(27)28;2*1-2/h11-13H,2-10H2,1H3,(H,23,26)(H,27,28);2*1-2H3. The number of nitrogens with one attached hydrogen (secondary N) is 1. The van der Waals surface area contributed by atoms with Gasteiger partial charge in [-0.1, -0.05) is 40.5 Å². The third-order valence-corrected chi connectivity index (χ3v) is 5.07. The van der Waals surface area contributed by atoms with Crippen LogP contribution in [-0.2, 0) is 22.4 Å². The summed E-state index contributed by atoms with van der Waals surface area (Å²) in [7, 11) is 0. The summed E-state index contributed by atoms with van der Waals surface area (Å²) in [5, 5.41) is 20.2. The Kier molecular flexibility index (Phi) is 12.8. The van der Waals surface area contributed by atoms with Crippen LogP contribution in [0.5, 0.6) is 0 Å². The van der Waals surface area contributed by atoms with Crippen LogP contribution < -0.4 is 5.32 Å². The van der Waals surface area contributed by atoms with Gasteiger partial charge in [-0.15, -0.1) is 5.10 Å². The summed E-state index contributed by atoms with van der Waals surface area (Å²) in [6.07, 6.45) is 8.94. The number of carbonyl (C=O) groups excluding carboxylic acids is 1. The number of carbonyl (C=O) groups is 2. The van der Waals surface area contributed by atoms with Crippen molar-refractivity contribution in [2.75, 3.05) is 5.32 Å². The molecule has 0 spiro atoms. The molecule has 0 saturated carbocycles. The minimum absolute atomic E-state index is 0.0121. The number of hydrogen-bond acceptors (Lipinski definition) is 5. The topological polar surface area (TPSA) is 105 Å². The lowest BCUT2D eigenvalue weighted by Crippen LogP contribution is -2.12. The Morgan fingerprint density at radius 2 is 1.59 bits per heavy atom. The molecular formula is C25H38N4O3. The van der Waals surface area contributed by atoms with Gasteiger partial charge in [-0.2, -0.15) is 5.10 Å². The van der Waals surface area contributed by atoms with Crippen molar-refractivity contribution in [3.8, 4) is 11.4 Å². The fraction of sp³-hybridized carbons (Fsp3) is 0.560. The number of fused-ring (bicyclic) bond motifs is 1. The normalized spacial score (nSPS) is 12.5. The molecule has 0 radical (unpaired) electrons. The third-order valence-electron chi connectivity index (χ3n) is 5.07. The summed E-state index contributed by atoms with van der Waals surface area (Å²) in [6.45, 7) is 10.0. The smallest absolute Gasteiger partial charge is 0.303 e. The zero-order chi connectivity index (χ0) is 23.9. The number of aromatic nitrogens is 3. The van der Waals surface area contributed by atoms with Crippen molar-refractivity contribution in [2.45, 2.75) is 92.4 Å². The Bertz CT molecular complexity index is 851. The lowest BCUT2D eigenvalue weighted by molar-refractivity contribution is -0.137. The molecule has 7 nitrogen and oxygen atoms in total. The van der Waals surface area contributed by atoms with E-state index in [-0.39, 0.29) is 18.7 Å². The summed E-state index contributed by atoms with van der Waals surface area (Å²) in [4.78, 5) is 26.9. The third kappa shape index (κ3) is 8.36. The lowest BCUT2D eigenvalue weighted by atomic mass is 9.91. The van der Waals surface area contributed by atoms with Crippen molar-refractivity contribution in [1.82, 2.24) is 15.2 Å². The van der Waals surface area contributed by atoms with Crippen molar-refractivity contribution >= 4 is 17.6 Å². The quantitative estimate of drug-likeness (QED) is 0.590. The van der Waals surface area contributed by atoms with Crippen LogP contribution >= 0.6 is 0 Å². The first-order chi connectivity index (χ1) is 15.5. The first kappa shape index (κ1) is 27.2. The number of rotatable bonds is 6. The average molecular weight is 443 g/mol. The largest absolute Gasteiger partial charge is 0.481 e. The zero-order valence-corrected chi connectivity index (χ0v) is 20.2. The van der Waals surface area contributed by atoms with E-state index in [0.29, 0.717) is 12.1 Å². The van der Waals surface area contributed by atoms with E-state index in [9.17, 15) is 9.59 Å². The number of pyridine rings is 1. The Hall–Kier alpha value is -2.83. The second-order valence-electron chi connectivity index (χ2n) is 7.23. The predicted molar refractivity (Wildman–Crippen MR) is 129 cm³/mol. The number of aliphatic carboxylic acids is 1. The van der Waals surface area contributed by atoms with Crippen LogP contribution in [0.25, 0.3) is 11.4 Å². The van der Waals surface area contributed by atoms with Gasteiger partial charge in [0, 0.05) is 12.8 Å². The molecular weight excluding hydrogens is 404 g/mol. The van der Waals surface area contributed by atoms with Crippen LogP contribution in [0, 0.1) is 6.92 Å². The number of aryl methyl sites for hydroxylation is 1. The van der Waals surface area contributed by atoms with Crippen LogP contribution in [0.2, 0.25) is 0 Å². The minimum Gasteiger partial charge on any atom is -0.481 e. The molecule has 3 rings (SSSR count). The Morgan fingerprint density at radius 1 is 0.938 bits per heavy atom. The molecule has 0 fully saturated rings.